The van der Waals surface area contributed by atoms with Crippen molar-refractivity contribution in [3.05, 3.63) is 179 Å². The van der Waals surface area contributed by atoms with Gasteiger partial charge in [-0.2, -0.15) is 0 Å². The van der Waals surface area contributed by atoms with Crippen LogP contribution in [0.2, 0.25) is 0 Å². The Hall–Kier alpha value is -7.30. The topological polar surface area (TPSA) is 13.1 Å². The summed E-state index contributed by atoms with van der Waals surface area (Å²) in [6, 6.07) is 59.7. The van der Waals surface area contributed by atoms with Crippen LogP contribution in [0.3, 0.4) is 0 Å². The van der Waals surface area contributed by atoms with E-state index in [0.29, 0.717) is 0 Å². The van der Waals surface area contributed by atoms with Crippen molar-refractivity contribution in [1.82, 2.24) is 9.05 Å². The number of rotatable bonds is 1. The van der Waals surface area contributed by atoms with Gasteiger partial charge in [0.1, 0.15) is 0 Å². The minimum atomic E-state index is -0.307. The Bertz CT molecular complexity index is 4350. The van der Waals surface area contributed by atoms with Gasteiger partial charge in [-0.1, -0.05) is 173 Å². The maximum atomic E-state index is 2.78. The molecule has 0 N–H and O–H groups in total. The molecule has 5 heterocycles. The van der Waals surface area contributed by atoms with E-state index in [1.165, 1.54) is 149 Å². The second kappa shape index (κ2) is 13.2. The van der Waals surface area contributed by atoms with E-state index < -0.39 is 0 Å². The predicted molar refractivity (Wildman–Crippen MR) is 306 cm³/mol. The lowest BCUT2D eigenvalue weighted by atomic mass is 9.43. The Morgan fingerprint density at radius 1 is 0.451 bits per heavy atom. The molecule has 3 aliphatic rings. The lowest BCUT2D eigenvalue weighted by Crippen LogP contribution is -2.58. The van der Waals surface area contributed by atoms with E-state index in [4.69, 9.17) is 0 Å². The lowest BCUT2D eigenvalue weighted by Gasteiger charge is -2.49. The number of anilines is 3. The van der Waals surface area contributed by atoms with Crippen molar-refractivity contribution in [3.63, 3.8) is 0 Å². The molecule has 0 radical (unpaired) electrons. The molecule has 0 spiro atoms. The molecule has 3 nitrogen and oxygen atoms in total. The summed E-state index contributed by atoms with van der Waals surface area (Å²) >= 11 is 0. The van der Waals surface area contributed by atoms with E-state index in [9.17, 15) is 0 Å². The summed E-state index contributed by atoms with van der Waals surface area (Å²) in [5, 5.41) is 13.3. The Kier molecular flexibility index (Phi) is 7.69. The van der Waals surface area contributed by atoms with E-state index in [-0.39, 0.29) is 28.5 Å². The van der Waals surface area contributed by atoms with Gasteiger partial charge in [0.25, 0.3) is 0 Å². The fourth-order valence-electron chi connectivity index (χ4n) is 13.8. The van der Waals surface area contributed by atoms with Gasteiger partial charge >= 0.3 is 6.85 Å². The highest BCUT2D eigenvalue weighted by atomic mass is 15.2. The van der Waals surface area contributed by atoms with Crippen molar-refractivity contribution in [1.29, 1.82) is 0 Å². The standard InChI is InChI=1S/C67H58BN3/c1-64(2,3)39-26-29-54-46(32-39)48-33-41(66(7,8)9)34-49-59-44-27-24-37-30-40(65(4,5)6)31-38-25-28-45(58(44)57(37)38)62-60(59)68(71(54)61(48)49)52-22-17-21-50-63(52)70(62)56-36-55-47(35-51(56)67(50,10)11)43-20-15-16-23-53(43)69(55)42-18-13-12-14-19-42/h12-36H,1-11H3. The molecule has 0 fully saturated rings. The van der Waals surface area contributed by atoms with E-state index in [1.54, 1.807) is 0 Å². The highest BCUT2D eigenvalue weighted by Gasteiger charge is 2.50. The molecule has 4 heteroatoms. The van der Waals surface area contributed by atoms with Gasteiger partial charge in [-0.3, -0.25) is 0 Å². The number of hydrogen-bond donors (Lipinski definition) is 0. The summed E-state index contributed by atoms with van der Waals surface area (Å²) in [5.41, 5.74) is 22.2. The van der Waals surface area contributed by atoms with Gasteiger partial charge in [-0.25, -0.2) is 0 Å². The summed E-state index contributed by atoms with van der Waals surface area (Å²) in [6.45, 7) is 26.1. The van der Waals surface area contributed by atoms with Crippen molar-refractivity contribution >= 4 is 111 Å². The Morgan fingerprint density at radius 2 is 1.11 bits per heavy atom. The van der Waals surface area contributed by atoms with Crippen LogP contribution in [0.1, 0.15) is 104 Å². The first-order valence-electron chi connectivity index (χ1n) is 25.9. The molecule has 0 saturated heterocycles. The Balaban J connectivity index is 1.17. The first-order chi connectivity index (χ1) is 33.9. The summed E-state index contributed by atoms with van der Waals surface area (Å²) in [7, 11) is 0. The number of para-hydroxylation sites is 3. The molecule has 12 aromatic rings. The van der Waals surface area contributed by atoms with Gasteiger partial charge in [-0.15, -0.1) is 0 Å². The predicted octanol–water partition coefficient (Wildman–Crippen LogP) is 16.7. The summed E-state index contributed by atoms with van der Waals surface area (Å²) < 4.78 is 5.28. The van der Waals surface area contributed by atoms with Crippen LogP contribution in [0.25, 0.3) is 92.7 Å². The second-order valence-corrected chi connectivity index (χ2v) is 25.0. The van der Waals surface area contributed by atoms with Gasteiger partial charge in [0.2, 0.25) is 0 Å². The van der Waals surface area contributed by atoms with Gasteiger partial charge in [0, 0.05) is 65.7 Å². The van der Waals surface area contributed by atoms with Crippen LogP contribution in [0.4, 0.5) is 17.1 Å². The summed E-state index contributed by atoms with van der Waals surface area (Å²) in [5.74, 6) is 0. The molecule has 71 heavy (non-hydrogen) atoms. The number of nitrogens with zero attached hydrogens (tertiary/aromatic N) is 3. The maximum absolute atomic E-state index is 2.78. The third kappa shape index (κ3) is 5.20. The van der Waals surface area contributed by atoms with Gasteiger partial charge in [-0.05, 0) is 137 Å². The minimum absolute atomic E-state index is 0.00214. The van der Waals surface area contributed by atoms with E-state index in [1.807, 2.05) is 0 Å². The fourth-order valence-corrected chi connectivity index (χ4v) is 13.8. The average Bonchev–Trinajstić information content (AvgIpc) is 3.85. The zero-order chi connectivity index (χ0) is 48.6. The van der Waals surface area contributed by atoms with Crippen molar-refractivity contribution in [2.75, 3.05) is 4.90 Å². The van der Waals surface area contributed by atoms with Gasteiger partial charge < -0.3 is 13.9 Å². The number of benzene rings is 10. The van der Waals surface area contributed by atoms with E-state index >= 15 is 0 Å². The van der Waals surface area contributed by atoms with Crippen LogP contribution in [-0.4, -0.2) is 15.9 Å². The molecular formula is C67H58BN3. The number of aromatic nitrogens is 2. The zero-order valence-corrected chi connectivity index (χ0v) is 42.9. The third-order valence-electron chi connectivity index (χ3n) is 17.4. The van der Waals surface area contributed by atoms with E-state index in [2.05, 4.69) is 242 Å². The van der Waals surface area contributed by atoms with Crippen molar-refractivity contribution in [3.8, 4) is 16.8 Å². The first kappa shape index (κ1) is 41.5. The normalized spacial score (nSPS) is 15.0. The van der Waals surface area contributed by atoms with E-state index in [0.717, 1.165) is 0 Å². The highest BCUT2D eigenvalue weighted by Crippen LogP contribution is 2.59. The SMILES string of the molecule is CC(C)(C)c1cc2ccc3c4c5c(c6ccc(c1)c2c36)N1c2cc3c(cc2C(C)(C)c2cccc(c21)B5n1c2ccc(C(C)(C)C)cc2c2cc(C(C)(C)C)cc-4c21)c1ccccc1n3-c1ccccc1. The largest absolute Gasteiger partial charge is 0.375 e. The molecule has 0 amide bonds. The van der Waals surface area contributed by atoms with Crippen LogP contribution in [0, 0.1) is 0 Å². The van der Waals surface area contributed by atoms with Crippen LogP contribution in [-0.2, 0) is 21.7 Å². The summed E-state index contributed by atoms with van der Waals surface area (Å²) in [6.07, 6.45) is 0. The van der Waals surface area contributed by atoms with Crippen LogP contribution in [0.15, 0.2) is 152 Å². The zero-order valence-electron chi connectivity index (χ0n) is 42.9. The molecular weight excluding hydrogens is 858 g/mol. The third-order valence-corrected chi connectivity index (χ3v) is 17.4. The minimum Gasteiger partial charge on any atom is -0.375 e. The number of fused-ring (bicyclic) bond motifs is 14. The first-order valence-corrected chi connectivity index (χ1v) is 25.9. The smallest absolute Gasteiger partial charge is 0.333 e. The number of hydrogen-bond acceptors (Lipinski definition) is 1. The molecule has 10 aromatic carbocycles. The van der Waals surface area contributed by atoms with Crippen molar-refractivity contribution < 1.29 is 0 Å². The molecule has 15 rings (SSSR count). The van der Waals surface area contributed by atoms with Crippen LogP contribution in [0.5, 0.6) is 0 Å². The molecule has 2 aromatic heterocycles. The average molecular weight is 916 g/mol. The van der Waals surface area contributed by atoms with Crippen molar-refractivity contribution in [2.24, 2.45) is 0 Å². The molecule has 0 saturated carbocycles. The van der Waals surface area contributed by atoms with Gasteiger partial charge in [0.15, 0.2) is 0 Å². The van der Waals surface area contributed by atoms with Gasteiger partial charge in [0.05, 0.1) is 22.4 Å². The van der Waals surface area contributed by atoms with Crippen LogP contribution >= 0.6 is 0 Å². The highest BCUT2D eigenvalue weighted by molar-refractivity contribution is 6.91. The molecule has 0 aliphatic carbocycles. The maximum Gasteiger partial charge on any atom is 0.333 e. The monoisotopic (exact) mass is 915 g/mol. The molecule has 0 unspecified atom stereocenters. The Morgan fingerprint density at radius 3 is 1.85 bits per heavy atom. The fraction of sp³-hybridized carbons (Fsp3) is 0.224. The summed E-state index contributed by atoms with van der Waals surface area (Å²) in [4.78, 5) is 2.76. The lowest BCUT2D eigenvalue weighted by molar-refractivity contribution is 0.590. The molecule has 344 valence electrons. The van der Waals surface area contributed by atoms with Crippen molar-refractivity contribution in [2.45, 2.75) is 97.8 Å². The van der Waals surface area contributed by atoms with Crippen LogP contribution < -0.4 is 15.8 Å². The Labute approximate surface area is 416 Å². The molecule has 0 bridgehead atoms. The second-order valence-electron chi connectivity index (χ2n) is 25.0. The molecule has 0 atom stereocenters. The molecule has 3 aliphatic heterocycles. The quantitative estimate of drug-likeness (QED) is 0.118.